The molecule has 1 heterocycles. The van der Waals surface area contributed by atoms with Crippen molar-refractivity contribution in [3.63, 3.8) is 0 Å². The maximum absolute atomic E-state index is 4.44. The summed E-state index contributed by atoms with van der Waals surface area (Å²) in [7, 11) is 2.00. The molecule has 0 aliphatic carbocycles. The molecule has 0 fully saturated rings. The van der Waals surface area contributed by atoms with Gasteiger partial charge in [0.05, 0.1) is 0 Å². The van der Waals surface area contributed by atoms with E-state index in [1.165, 1.54) is 11.1 Å². The maximum atomic E-state index is 4.44. The first kappa shape index (κ1) is 14.7. The molecule has 1 aromatic carbocycles. The molecule has 1 N–H and O–H groups in total. The van der Waals surface area contributed by atoms with Gasteiger partial charge in [-0.25, -0.2) is 9.67 Å². The fraction of sp³-hybridized carbons (Fsp3) is 0.500. The molecule has 2 rings (SSSR count). The highest BCUT2D eigenvalue weighted by Crippen LogP contribution is 2.23. The van der Waals surface area contributed by atoms with Crippen molar-refractivity contribution >= 4 is 0 Å². The molecule has 0 aliphatic rings. The van der Waals surface area contributed by atoms with E-state index in [-0.39, 0.29) is 0 Å². The summed E-state index contributed by atoms with van der Waals surface area (Å²) in [6.45, 7) is 7.39. The Kier molecular flexibility index (Phi) is 4.90. The van der Waals surface area contributed by atoms with E-state index in [1.807, 2.05) is 11.7 Å². The van der Waals surface area contributed by atoms with Gasteiger partial charge < -0.3 is 5.32 Å². The summed E-state index contributed by atoms with van der Waals surface area (Å²) < 4.78 is 2.01. The number of benzene rings is 1. The molecule has 2 aromatic rings. The maximum Gasteiger partial charge on any atom is 0.138 e. The number of aryl methyl sites for hydroxylation is 1. The van der Waals surface area contributed by atoms with E-state index in [9.17, 15) is 0 Å². The van der Waals surface area contributed by atoms with Crippen LogP contribution in [-0.4, -0.2) is 28.4 Å². The number of nitrogens with one attached hydrogen (secondary N) is 1. The molecule has 1 unspecified atom stereocenters. The van der Waals surface area contributed by atoms with Gasteiger partial charge in [0.2, 0.25) is 0 Å². The van der Waals surface area contributed by atoms with Crippen LogP contribution in [0.15, 0.2) is 30.6 Å². The average Bonchev–Trinajstić information content (AvgIpc) is 2.87. The zero-order valence-corrected chi connectivity index (χ0v) is 12.8. The Balaban J connectivity index is 2.26. The van der Waals surface area contributed by atoms with Crippen molar-refractivity contribution in [1.29, 1.82) is 0 Å². The predicted molar refractivity (Wildman–Crippen MR) is 82.0 cm³/mol. The molecule has 1 aromatic heterocycles. The van der Waals surface area contributed by atoms with E-state index < -0.39 is 0 Å². The first-order chi connectivity index (χ1) is 9.63. The van der Waals surface area contributed by atoms with Crippen LogP contribution in [0.2, 0.25) is 0 Å². The van der Waals surface area contributed by atoms with Crippen LogP contribution in [0.1, 0.15) is 42.8 Å². The van der Waals surface area contributed by atoms with Crippen molar-refractivity contribution in [2.45, 2.75) is 39.2 Å². The van der Waals surface area contributed by atoms with Crippen molar-refractivity contribution in [3.05, 3.63) is 47.5 Å². The second-order valence-electron chi connectivity index (χ2n) is 5.53. The molecule has 0 aliphatic heterocycles. The molecule has 0 bridgehead atoms. The van der Waals surface area contributed by atoms with E-state index in [0.717, 1.165) is 18.8 Å². The van der Waals surface area contributed by atoms with Crippen LogP contribution in [-0.2, 0) is 6.42 Å². The topological polar surface area (TPSA) is 42.7 Å². The number of nitrogens with zero attached hydrogens (tertiary/aromatic N) is 3. The van der Waals surface area contributed by atoms with Crippen LogP contribution in [0.3, 0.4) is 0 Å². The Bertz CT molecular complexity index is 545. The predicted octanol–water partition coefficient (Wildman–Crippen LogP) is 2.71. The Morgan fingerprint density at radius 2 is 2.00 bits per heavy atom. The zero-order chi connectivity index (χ0) is 14.5. The SMILES string of the molecule is CNCC(Cc1ncnn1C(C)C)c1ccccc1C. The minimum absolute atomic E-state index is 0.347. The number of rotatable bonds is 6. The Labute approximate surface area is 121 Å². The third kappa shape index (κ3) is 3.25. The van der Waals surface area contributed by atoms with Crippen LogP contribution < -0.4 is 5.32 Å². The number of aromatic nitrogens is 3. The molecule has 108 valence electrons. The van der Waals surface area contributed by atoms with Gasteiger partial charge in [-0.2, -0.15) is 5.10 Å². The molecule has 20 heavy (non-hydrogen) atoms. The van der Waals surface area contributed by atoms with Gasteiger partial charge in [0.1, 0.15) is 12.2 Å². The van der Waals surface area contributed by atoms with Crippen molar-refractivity contribution in [3.8, 4) is 0 Å². The van der Waals surface area contributed by atoms with E-state index in [1.54, 1.807) is 6.33 Å². The summed E-state index contributed by atoms with van der Waals surface area (Å²) in [5.74, 6) is 1.48. The number of hydrogen-bond acceptors (Lipinski definition) is 3. The lowest BCUT2D eigenvalue weighted by molar-refractivity contribution is 0.486. The third-order valence-corrected chi connectivity index (χ3v) is 3.64. The van der Waals surface area contributed by atoms with Crippen LogP contribution in [0.25, 0.3) is 0 Å². The fourth-order valence-corrected chi connectivity index (χ4v) is 2.66. The molecule has 0 amide bonds. The first-order valence-corrected chi connectivity index (χ1v) is 7.22. The highest BCUT2D eigenvalue weighted by atomic mass is 15.3. The molecule has 0 spiro atoms. The molecular weight excluding hydrogens is 248 g/mol. The summed E-state index contributed by atoms with van der Waals surface area (Å²) >= 11 is 0. The molecule has 4 heteroatoms. The fourth-order valence-electron chi connectivity index (χ4n) is 2.66. The highest BCUT2D eigenvalue weighted by Gasteiger charge is 2.17. The van der Waals surface area contributed by atoms with E-state index in [2.05, 4.69) is 60.4 Å². The van der Waals surface area contributed by atoms with Gasteiger partial charge in [0, 0.05) is 24.9 Å². The summed E-state index contributed by atoms with van der Waals surface area (Å²) in [4.78, 5) is 4.44. The molecule has 1 atom stereocenters. The van der Waals surface area contributed by atoms with Crippen LogP contribution in [0.4, 0.5) is 0 Å². The van der Waals surface area contributed by atoms with Crippen LogP contribution in [0, 0.1) is 6.92 Å². The van der Waals surface area contributed by atoms with Gasteiger partial charge >= 0.3 is 0 Å². The normalized spacial score (nSPS) is 12.8. The monoisotopic (exact) mass is 272 g/mol. The van der Waals surface area contributed by atoms with Gasteiger partial charge in [0.15, 0.2) is 0 Å². The zero-order valence-electron chi connectivity index (χ0n) is 12.8. The van der Waals surface area contributed by atoms with E-state index in [0.29, 0.717) is 12.0 Å². The third-order valence-electron chi connectivity index (χ3n) is 3.64. The Morgan fingerprint density at radius 1 is 1.25 bits per heavy atom. The highest BCUT2D eigenvalue weighted by molar-refractivity contribution is 5.30. The van der Waals surface area contributed by atoms with Crippen LogP contribution >= 0.6 is 0 Å². The molecule has 0 saturated heterocycles. The van der Waals surface area contributed by atoms with Crippen molar-refractivity contribution in [2.75, 3.05) is 13.6 Å². The number of hydrogen-bond donors (Lipinski definition) is 1. The van der Waals surface area contributed by atoms with Gasteiger partial charge in [-0.1, -0.05) is 24.3 Å². The van der Waals surface area contributed by atoms with Crippen molar-refractivity contribution < 1.29 is 0 Å². The van der Waals surface area contributed by atoms with Crippen molar-refractivity contribution in [2.24, 2.45) is 0 Å². The second-order valence-corrected chi connectivity index (χ2v) is 5.53. The average molecular weight is 272 g/mol. The summed E-state index contributed by atoms with van der Waals surface area (Å²) in [6.07, 6.45) is 2.56. The smallest absolute Gasteiger partial charge is 0.138 e. The molecule has 0 radical (unpaired) electrons. The van der Waals surface area contributed by atoms with E-state index >= 15 is 0 Å². The molecule has 4 nitrogen and oxygen atoms in total. The second kappa shape index (κ2) is 6.66. The minimum atomic E-state index is 0.347. The summed E-state index contributed by atoms with van der Waals surface area (Å²) in [6, 6.07) is 8.93. The molecular formula is C16H24N4. The Morgan fingerprint density at radius 3 is 2.65 bits per heavy atom. The lowest BCUT2D eigenvalue weighted by Gasteiger charge is -2.20. The van der Waals surface area contributed by atoms with Gasteiger partial charge in [-0.05, 0) is 38.9 Å². The van der Waals surface area contributed by atoms with Gasteiger partial charge in [-0.3, -0.25) is 0 Å². The van der Waals surface area contributed by atoms with Crippen molar-refractivity contribution in [1.82, 2.24) is 20.1 Å². The Hall–Kier alpha value is -1.68. The lowest BCUT2D eigenvalue weighted by atomic mass is 9.91. The summed E-state index contributed by atoms with van der Waals surface area (Å²) in [5, 5.41) is 7.63. The largest absolute Gasteiger partial charge is 0.319 e. The minimum Gasteiger partial charge on any atom is -0.319 e. The first-order valence-electron chi connectivity index (χ1n) is 7.22. The quantitative estimate of drug-likeness (QED) is 0.879. The van der Waals surface area contributed by atoms with Crippen LogP contribution in [0.5, 0.6) is 0 Å². The van der Waals surface area contributed by atoms with Gasteiger partial charge in [-0.15, -0.1) is 0 Å². The lowest BCUT2D eigenvalue weighted by Crippen LogP contribution is -2.22. The standard InChI is InChI=1S/C16H24N4/c1-12(2)20-16(18-11-19-20)9-14(10-17-4)15-8-6-5-7-13(15)3/h5-8,11-12,14,17H,9-10H2,1-4H3. The number of likely N-dealkylation sites (N-methyl/N-ethyl adjacent to an activating group) is 1. The molecule has 0 saturated carbocycles. The summed E-state index contributed by atoms with van der Waals surface area (Å²) in [5.41, 5.74) is 2.73. The van der Waals surface area contributed by atoms with E-state index in [4.69, 9.17) is 0 Å². The van der Waals surface area contributed by atoms with Gasteiger partial charge in [0.25, 0.3) is 0 Å².